The Bertz CT molecular complexity index is 1150. The second kappa shape index (κ2) is 12.5. The predicted octanol–water partition coefficient (Wildman–Crippen LogP) is 8.44. The Kier molecular flexibility index (Phi) is 9.87. The second-order valence-electron chi connectivity index (χ2n) is 10.9. The highest BCUT2D eigenvalue weighted by molar-refractivity contribution is 8.28. The standard InChI is InChI=1S/C30H42FN3S2/c1-8-11-21(17-24(10-3)30(4,5)6)22-12-13-23(16-22)27-18-28(34-33-27)32-26-15-14-20(9-2)25(29(26)31)19-36(7)35/h8,11,14-15,17-18,22-23H,1,9-10,12-13,16,19H2,2-7H3,(H2,32,33,34)/b21-11+,24-17+. The van der Waals surface area contributed by atoms with Gasteiger partial charge < -0.3 is 5.32 Å². The number of aromatic nitrogens is 2. The molecule has 3 nitrogen and oxygen atoms in total. The topological polar surface area (TPSA) is 40.7 Å². The molecule has 36 heavy (non-hydrogen) atoms. The van der Waals surface area contributed by atoms with Crippen molar-refractivity contribution in [1.82, 2.24) is 10.2 Å². The molecule has 0 amide bonds. The van der Waals surface area contributed by atoms with Crippen LogP contribution in [0.1, 0.15) is 83.0 Å². The quantitative estimate of drug-likeness (QED) is 0.305. The average Bonchev–Trinajstić information content (AvgIpc) is 3.48. The molecule has 1 aromatic heterocycles. The molecule has 1 aliphatic rings. The van der Waals surface area contributed by atoms with Crippen molar-refractivity contribution in [2.24, 2.45) is 11.3 Å². The highest BCUT2D eigenvalue weighted by atomic mass is 32.8. The summed E-state index contributed by atoms with van der Waals surface area (Å²) in [5.41, 5.74) is 6.32. The third-order valence-corrected chi connectivity index (χ3v) is 8.32. The van der Waals surface area contributed by atoms with E-state index in [4.69, 9.17) is 11.2 Å². The number of rotatable bonds is 10. The number of allylic oxidation sites excluding steroid dienone is 5. The molecule has 1 heterocycles. The predicted molar refractivity (Wildman–Crippen MR) is 158 cm³/mol. The van der Waals surface area contributed by atoms with Crippen LogP contribution in [0.25, 0.3) is 0 Å². The summed E-state index contributed by atoms with van der Waals surface area (Å²) in [5.74, 6) is 1.93. The highest BCUT2D eigenvalue weighted by Crippen LogP contribution is 2.43. The summed E-state index contributed by atoms with van der Waals surface area (Å²) in [6.07, 6.45) is 13.6. The normalized spacial score (nSPS) is 20.0. The molecule has 0 saturated heterocycles. The Morgan fingerprint density at radius 3 is 2.67 bits per heavy atom. The van der Waals surface area contributed by atoms with Crippen molar-refractivity contribution in [1.29, 1.82) is 0 Å². The molecule has 2 aromatic rings. The van der Waals surface area contributed by atoms with Gasteiger partial charge in [0.2, 0.25) is 0 Å². The fraction of sp³-hybridized carbons (Fsp3) is 0.500. The number of aryl methyl sites for hydroxylation is 1. The zero-order valence-corrected chi connectivity index (χ0v) is 24.3. The van der Waals surface area contributed by atoms with E-state index < -0.39 is 0 Å². The number of halogens is 1. The van der Waals surface area contributed by atoms with Gasteiger partial charge in [0.05, 0.1) is 5.69 Å². The summed E-state index contributed by atoms with van der Waals surface area (Å²) in [6.45, 7) is 15.1. The van der Waals surface area contributed by atoms with Gasteiger partial charge >= 0.3 is 0 Å². The van der Waals surface area contributed by atoms with Crippen molar-refractivity contribution in [3.8, 4) is 0 Å². The van der Waals surface area contributed by atoms with Gasteiger partial charge in [-0.05, 0) is 66.9 Å². The molecular weight excluding hydrogens is 485 g/mol. The molecular formula is C30H42FN3S2. The lowest BCUT2D eigenvalue weighted by atomic mass is 9.82. The van der Waals surface area contributed by atoms with E-state index in [0.717, 1.165) is 48.9 Å². The van der Waals surface area contributed by atoms with Crippen LogP contribution >= 0.6 is 0 Å². The lowest BCUT2D eigenvalue weighted by Crippen LogP contribution is -2.10. The summed E-state index contributed by atoms with van der Waals surface area (Å²) >= 11 is 5.37. The Morgan fingerprint density at radius 1 is 1.31 bits per heavy atom. The number of benzene rings is 1. The number of hydrogen-bond acceptors (Lipinski definition) is 3. The minimum atomic E-state index is -0.281. The molecule has 0 radical (unpaired) electrons. The zero-order chi connectivity index (χ0) is 26.5. The van der Waals surface area contributed by atoms with Gasteiger partial charge in [-0.3, -0.25) is 5.10 Å². The first-order chi connectivity index (χ1) is 17.1. The van der Waals surface area contributed by atoms with Crippen LogP contribution in [-0.2, 0) is 32.8 Å². The first kappa shape index (κ1) is 28.5. The van der Waals surface area contributed by atoms with Crippen molar-refractivity contribution in [3.05, 3.63) is 76.8 Å². The summed E-state index contributed by atoms with van der Waals surface area (Å²) in [7, 11) is -0.281. The van der Waals surface area contributed by atoms with Crippen molar-refractivity contribution in [2.45, 2.75) is 78.4 Å². The van der Waals surface area contributed by atoms with Crippen LogP contribution in [0.2, 0.25) is 0 Å². The van der Waals surface area contributed by atoms with Crippen molar-refractivity contribution in [2.75, 3.05) is 11.6 Å². The summed E-state index contributed by atoms with van der Waals surface area (Å²) in [4.78, 5) is 0. The van der Waals surface area contributed by atoms with Crippen LogP contribution in [-0.4, -0.2) is 16.5 Å². The first-order valence-corrected chi connectivity index (χ1v) is 15.8. The zero-order valence-electron chi connectivity index (χ0n) is 22.7. The van der Waals surface area contributed by atoms with Gasteiger partial charge in [0.1, 0.15) is 0 Å². The molecule has 6 heteroatoms. The van der Waals surface area contributed by atoms with Gasteiger partial charge in [0.15, 0.2) is 11.6 Å². The lowest BCUT2D eigenvalue weighted by Gasteiger charge is -2.24. The summed E-state index contributed by atoms with van der Waals surface area (Å²) < 4.78 is 15.3. The van der Waals surface area contributed by atoms with Gasteiger partial charge in [-0.1, -0.05) is 82.3 Å². The van der Waals surface area contributed by atoms with Crippen molar-refractivity contribution >= 4 is 32.1 Å². The first-order valence-electron chi connectivity index (χ1n) is 13.0. The van der Waals surface area contributed by atoms with E-state index in [-0.39, 0.29) is 20.7 Å². The molecule has 2 N–H and O–H groups in total. The van der Waals surface area contributed by atoms with Crippen LogP contribution in [0, 0.1) is 17.2 Å². The molecule has 0 aliphatic heterocycles. The van der Waals surface area contributed by atoms with E-state index in [0.29, 0.717) is 29.1 Å². The van der Waals surface area contributed by atoms with E-state index in [1.165, 1.54) is 11.1 Å². The second-order valence-corrected chi connectivity index (χ2v) is 14.0. The lowest BCUT2D eigenvalue weighted by molar-refractivity contribution is 0.486. The Balaban J connectivity index is 1.76. The van der Waals surface area contributed by atoms with Crippen molar-refractivity contribution in [3.63, 3.8) is 0 Å². The highest BCUT2D eigenvalue weighted by Gasteiger charge is 2.29. The van der Waals surface area contributed by atoms with E-state index in [1.54, 1.807) is 0 Å². The molecule has 196 valence electrons. The van der Waals surface area contributed by atoms with Gasteiger partial charge in [0, 0.05) is 29.0 Å². The maximum atomic E-state index is 15.3. The Hall–Kier alpha value is -2.05. The van der Waals surface area contributed by atoms with E-state index in [9.17, 15) is 0 Å². The molecule has 3 rings (SSSR count). The van der Waals surface area contributed by atoms with Gasteiger partial charge in [0.25, 0.3) is 0 Å². The number of hydrogen-bond donors (Lipinski definition) is 2. The number of nitrogens with zero attached hydrogens (tertiary/aromatic N) is 1. The fourth-order valence-corrected chi connectivity index (χ4v) is 6.32. The molecule has 1 aromatic carbocycles. The molecule has 3 atom stereocenters. The minimum Gasteiger partial charge on any atom is -0.336 e. The minimum absolute atomic E-state index is 0.158. The molecule has 3 unspecified atom stereocenters. The SMILES string of the molecule is C=C/C=C(\C=C(/CC)C(C)(C)C)C1CCC(c2cc(Nc3ccc(CC)c(CS(C)=S)c3F)n[nH]2)C1. The van der Waals surface area contributed by atoms with E-state index in [2.05, 4.69) is 68.9 Å². The fourth-order valence-electron chi connectivity index (χ4n) is 5.25. The number of aromatic amines is 1. The molecule has 1 aliphatic carbocycles. The van der Waals surface area contributed by atoms with Gasteiger partial charge in [-0.15, -0.1) is 9.45 Å². The largest absolute Gasteiger partial charge is 0.336 e. The van der Waals surface area contributed by atoms with E-state index in [1.807, 2.05) is 30.5 Å². The third-order valence-electron chi connectivity index (χ3n) is 7.27. The summed E-state index contributed by atoms with van der Waals surface area (Å²) in [5, 5.41) is 10.9. The van der Waals surface area contributed by atoms with Gasteiger partial charge in [-0.2, -0.15) is 5.10 Å². The van der Waals surface area contributed by atoms with Crippen LogP contribution < -0.4 is 5.32 Å². The number of anilines is 2. The average molecular weight is 528 g/mol. The number of H-pyrrole nitrogens is 1. The van der Waals surface area contributed by atoms with Crippen molar-refractivity contribution < 1.29 is 4.39 Å². The van der Waals surface area contributed by atoms with E-state index >= 15 is 4.39 Å². The molecule has 0 spiro atoms. The third kappa shape index (κ3) is 7.04. The number of nitrogens with one attached hydrogen (secondary N) is 2. The Labute approximate surface area is 224 Å². The monoisotopic (exact) mass is 527 g/mol. The van der Waals surface area contributed by atoms with Crippen LogP contribution in [0.5, 0.6) is 0 Å². The van der Waals surface area contributed by atoms with Gasteiger partial charge in [-0.25, -0.2) is 4.39 Å². The maximum absolute atomic E-state index is 15.3. The molecule has 0 bridgehead atoms. The van der Waals surface area contributed by atoms with Crippen LogP contribution in [0.3, 0.4) is 0 Å². The summed E-state index contributed by atoms with van der Waals surface area (Å²) in [6, 6.07) is 5.85. The Morgan fingerprint density at radius 2 is 2.06 bits per heavy atom. The smallest absolute Gasteiger partial charge is 0.152 e. The van der Waals surface area contributed by atoms with Crippen LogP contribution in [0.4, 0.5) is 15.9 Å². The molecule has 1 saturated carbocycles. The maximum Gasteiger partial charge on any atom is 0.152 e. The molecule has 1 fully saturated rings. The van der Waals surface area contributed by atoms with Crippen LogP contribution in [0.15, 0.2) is 54.2 Å².